The first-order valence-electron chi connectivity index (χ1n) is 13.4. The quantitative estimate of drug-likeness (QED) is 0.278. The SMILES string of the molecule is C=C1N(Cc2ncccc2C(F)(F)F)c2ccccc2C12COc1c(Cl)cc(OCCC)c(C(CC)CC)c12. The summed E-state index contributed by atoms with van der Waals surface area (Å²) in [4.78, 5) is 5.98. The predicted molar refractivity (Wildman–Crippen MR) is 148 cm³/mol. The summed E-state index contributed by atoms with van der Waals surface area (Å²) in [5.41, 5.74) is 2.65. The number of hydrogen-bond donors (Lipinski definition) is 0. The fourth-order valence-electron chi connectivity index (χ4n) is 6.07. The number of rotatable bonds is 8. The van der Waals surface area contributed by atoms with Crippen LogP contribution in [0.1, 0.15) is 73.9 Å². The Morgan fingerprint density at radius 2 is 1.90 bits per heavy atom. The Balaban J connectivity index is 1.73. The van der Waals surface area contributed by atoms with Crippen molar-refractivity contribution in [3.63, 3.8) is 0 Å². The van der Waals surface area contributed by atoms with Gasteiger partial charge in [-0.2, -0.15) is 13.2 Å². The molecule has 1 unspecified atom stereocenters. The summed E-state index contributed by atoms with van der Waals surface area (Å²) in [6.45, 7) is 11.5. The molecule has 206 valence electrons. The van der Waals surface area contributed by atoms with Gasteiger partial charge < -0.3 is 14.4 Å². The number of benzene rings is 2. The number of nitrogens with zero attached hydrogens (tertiary/aromatic N) is 2. The molecule has 0 saturated heterocycles. The Hall–Kier alpha value is -3.19. The van der Waals surface area contributed by atoms with Crippen LogP contribution < -0.4 is 14.4 Å². The number of aromatic nitrogens is 1. The molecule has 0 N–H and O–H groups in total. The Morgan fingerprint density at radius 1 is 1.15 bits per heavy atom. The Labute approximate surface area is 232 Å². The highest BCUT2D eigenvalue weighted by molar-refractivity contribution is 6.32. The van der Waals surface area contributed by atoms with Crippen LogP contribution in [0.15, 0.2) is 60.9 Å². The summed E-state index contributed by atoms with van der Waals surface area (Å²) < 4.78 is 54.3. The van der Waals surface area contributed by atoms with E-state index >= 15 is 0 Å². The van der Waals surface area contributed by atoms with Crippen LogP contribution in [-0.4, -0.2) is 18.2 Å². The minimum Gasteiger partial charge on any atom is -0.493 e. The number of anilines is 1. The number of pyridine rings is 1. The van der Waals surface area contributed by atoms with E-state index in [-0.39, 0.29) is 24.8 Å². The van der Waals surface area contributed by atoms with Gasteiger partial charge in [0.05, 0.1) is 34.8 Å². The average Bonchev–Trinajstić information content (AvgIpc) is 3.43. The third kappa shape index (κ3) is 4.35. The molecule has 1 atom stereocenters. The Morgan fingerprint density at radius 3 is 2.59 bits per heavy atom. The first kappa shape index (κ1) is 27.4. The Kier molecular flexibility index (Phi) is 7.31. The van der Waals surface area contributed by atoms with Gasteiger partial charge in [-0.1, -0.05) is 57.2 Å². The van der Waals surface area contributed by atoms with Crippen LogP contribution in [0.25, 0.3) is 0 Å². The van der Waals surface area contributed by atoms with Gasteiger partial charge in [0, 0.05) is 34.8 Å². The van der Waals surface area contributed by atoms with Crippen molar-refractivity contribution in [1.29, 1.82) is 0 Å². The number of ether oxygens (including phenoxy) is 2. The summed E-state index contributed by atoms with van der Waals surface area (Å²) in [5.74, 6) is 1.49. The van der Waals surface area contributed by atoms with Crippen LogP contribution in [0.5, 0.6) is 11.5 Å². The van der Waals surface area contributed by atoms with E-state index in [1.165, 1.54) is 12.3 Å². The minimum absolute atomic E-state index is 0.0598. The van der Waals surface area contributed by atoms with E-state index in [0.29, 0.717) is 23.1 Å². The third-order valence-corrected chi connectivity index (χ3v) is 8.21. The number of fused-ring (bicyclic) bond motifs is 4. The molecule has 4 nitrogen and oxygen atoms in total. The van der Waals surface area contributed by atoms with Gasteiger partial charge in [0.1, 0.15) is 18.1 Å². The normalized spacial score (nSPS) is 18.1. The van der Waals surface area contributed by atoms with Gasteiger partial charge in [0.25, 0.3) is 0 Å². The van der Waals surface area contributed by atoms with Crippen molar-refractivity contribution in [3.8, 4) is 11.5 Å². The molecular formula is C31H32ClF3N2O2. The molecule has 0 amide bonds. The van der Waals surface area contributed by atoms with E-state index in [2.05, 4.69) is 32.3 Å². The van der Waals surface area contributed by atoms with E-state index in [4.69, 9.17) is 21.1 Å². The zero-order chi connectivity index (χ0) is 27.9. The van der Waals surface area contributed by atoms with Gasteiger partial charge in [0.2, 0.25) is 0 Å². The first-order valence-corrected chi connectivity index (χ1v) is 13.8. The Bertz CT molecular complexity index is 1400. The van der Waals surface area contributed by atoms with Crippen molar-refractivity contribution in [2.45, 2.75) is 64.1 Å². The lowest BCUT2D eigenvalue weighted by Gasteiger charge is -2.32. The van der Waals surface area contributed by atoms with E-state index in [1.54, 1.807) is 0 Å². The molecule has 3 aromatic rings. The first-order chi connectivity index (χ1) is 18.7. The summed E-state index contributed by atoms with van der Waals surface area (Å²) in [7, 11) is 0. The molecular weight excluding hydrogens is 525 g/mol. The maximum Gasteiger partial charge on any atom is 0.418 e. The monoisotopic (exact) mass is 556 g/mol. The van der Waals surface area contributed by atoms with Crippen LogP contribution in [0.2, 0.25) is 5.02 Å². The highest BCUT2D eigenvalue weighted by atomic mass is 35.5. The van der Waals surface area contributed by atoms with E-state index in [0.717, 1.165) is 53.5 Å². The molecule has 1 spiro atoms. The van der Waals surface area contributed by atoms with Crippen LogP contribution in [0.3, 0.4) is 0 Å². The molecule has 39 heavy (non-hydrogen) atoms. The molecule has 2 aliphatic rings. The van der Waals surface area contributed by atoms with Gasteiger partial charge in [0.15, 0.2) is 0 Å². The van der Waals surface area contributed by atoms with Crippen LogP contribution in [0.4, 0.5) is 18.9 Å². The van der Waals surface area contributed by atoms with Crippen LogP contribution in [-0.2, 0) is 18.1 Å². The number of alkyl halides is 3. The second-order valence-corrected chi connectivity index (χ2v) is 10.5. The lowest BCUT2D eigenvalue weighted by molar-refractivity contribution is -0.138. The summed E-state index contributed by atoms with van der Waals surface area (Å²) in [6.07, 6.45) is -0.532. The highest BCUT2D eigenvalue weighted by Gasteiger charge is 2.55. The molecule has 2 aliphatic heterocycles. The standard InChI is InChI=1S/C31H32ClF3N2O2/c1-5-15-38-26-16-23(32)29-28(27(26)20(6-2)7-3)30(18-39-29)19(4)37(25-13-9-8-11-22(25)30)17-24-21(31(33,34)35)12-10-14-36-24/h8-14,16,20H,4-7,15,17-18H2,1-3H3. The molecule has 5 rings (SSSR count). The van der Waals surface area contributed by atoms with Gasteiger partial charge >= 0.3 is 6.18 Å². The van der Waals surface area contributed by atoms with E-state index in [1.807, 2.05) is 35.2 Å². The smallest absolute Gasteiger partial charge is 0.418 e. The largest absolute Gasteiger partial charge is 0.493 e. The van der Waals surface area contributed by atoms with E-state index in [9.17, 15) is 13.2 Å². The van der Waals surface area contributed by atoms with Gasteiger partial charge in [-0.15, -0.1) is 0 Å². The zero-order valence-electron chi connectivity index (χ0n) is 22.4. The number of para-hydroxylation sites is 1. The fraction of sp³-hybridized carbons (Fsp3) is 0.387. The zero-order valence-corrected chi connectivity index (χ0v) is 23.1. The number of hydrogen-bond acceptors (Lipinski definition) is 4. The van der Waals surface area contributed by atoms with Crippen molar-refractivity contribution < 1.29 is 22.6 Å². The topological polar surface area (TPSA) is 34.6 Å². The fourth-order valence-corrected chi connectivity index (χ4v) is 6.32. The maximum atomic E-state index is 13.9. The summed E-state index contributed by atoms with van der Waals surface area (Å²) in [6, 6.07) is 12.0. The summed E-state index contributed by atoms with van der Waals surface area (Å²) in [5, 5.41) is 0.454. The molecule has 8 heteroatoms. The highest BCUT2D eigenvalue weighted by Crippen LogP contribution is 2.61. The molecule has 0 bridgehead atoms. The lowest BCUT2D eigenvalue weighted by Crippen LogP contribution is -2.34. The minimum atomic E-state index is -4.52. The molecule has 1 aromatic heterocycles. The lowest BCUT2D eigenvalue weighted by atomic mass is 9.71. The van der Waals surface area contributed by atoms with Gasteiger partial charge in [-0.25, -0.2) is 0 Å². The summed E-state index contributed by atoms with van der Waals surface area (Å²) >= 11 is 6.81. The van der Waals surface area contributed by atoms with Crippen molar-refractivity contribution in [2.75, 3.05) is 18.1 Å². The van der Waals surface area contributed by atoms with E-state index < -0.39 is 17.2 Å². The van der Waals surface area contributed by atoms with Crippen molar-refractivity contribution in [2.24, 2.45) is 0 Å². The third-order valence-electron chi connectivity index (χ3n) is 7.93. The van der Waals surface area contributed by atoms with Gasteiger partial charge in [-0.05, 0) is 48.9 Å². The van der Waals surface area contributed by atoms with Gasteiger partial charge in [-0.3, -0.25) is 4.98 Å². The van der Waals surface area contributed by atoms with Crippen molar-refractivity contribution >= 4 is 17.3 Å². The molecule has 2 aromatic carbocycles. The van der Waals surface area contributed by atoms with Crippen molar-refractivity contribution in [1.82, 2.24) is 4.98 Å². The second kappa shape index (κ2) is 10.4. The predicted octanol–water partition coefficient (Wildman–Crippen LogP) is 8.66. The average molecular weight is 557 g/mol. The number of halogens is 4. The van der Waals surface area contributed by atoms with Crippen molar-refractivity contribution in [3.05, 3.63) is 93.9 Å². The maximum absolute atomic E-state index is 13.9. The molecule has 0 aliphatic carbocycles. The molecule has 0 saturated carbocycles. The molecule has 0 radical (unpaired) electrons. The van der Waals surface area contributed by atoms with Crippen LogP contribution >= 0.6 is 11.6 Å². The molecule has 0 fully saturated rings. The molecule has 3 heterocycles. The second-order valence-electron chi connectivity index (χ2n) is 10.1. The van der Waals surface area contributed by atoms with Crippen LogP contribution in [0, 0.1) is 0 Å².